The van der Waals surface area contributed by atoms with Crippen molar-refractivity contribution in [3.05, 3.63) is 100 Å². The average molecular weight is 450 g/mol. The van der Waals surface area contributed by atoms with Gasteiger partial charge in [-0.2, -0.15) is 5.10 Å². The van der Waals surface area contributed by atoms with E-state index in [0.717, 1.165) is 41.8 Å². The van der Waals surface area contributed by atoms with E-state index in [9.17, 15) is 9.18 Å². The number of nitrogens with zero attached hydrogens (tertiary/aromatic N) is 4. The van der Waals surface area contributed by atoms with E-state index in [-0.39, 0.29) is 11.7 Å². The minimum atomic E-state index is -0.465. The summed E-state index contributed by atoms with van der Waals surface area (Å²) < 4.78 is 17.0. The quantitative estimate of drug-likeness (QED) is 0.491. The summed E-state index contributed by atoms with van der Waals surface area (Å²) in [7, 11) is 1.89. The first-order chi connectivity index (χ1) is 15.5. The average Bonchev–Trinajstić information content (AvgIpc) is 3.50. The summed E-state index contributed by atoms with van der Waals surface area (Å²) in [6, 6.07) is 13.0. The van der Waals surface area contributed by atoms with Gasteiger partial charge in [0, 0.05) is 35.7 Å². The van der Waals surface area contributed by atoms with Gasteiger partial charge < -0.3 is 9.88 Å². The second-order valence-electron chi connectivity index (χ2n) is 7.87. The fraction of sp³-hybridized carbons (Fsp3) is 0.208. The van der Waals surface area contributed by atoms with Gasteiger partial charge in [-0.05, 0) is 61.2 Å². The van der Waals surface area contributed by atoms with Gasteiger partial charge in [0.15, 0.2) is 5.69 Å². The third kappa shape index (κ3) is 3.69. The summed E-state index contributed by atoms with van der Waals surface area (Å²) >= 11 is 6.06. The molecule has 5 rings (SSSR count). The standard InChI is InChI=1S/C24H21ClFN5O/c1-30-14-13-27-23(30)21(15-5-7-16(25)8-6-15)28-24(32)22-19-3-2-4-20(19)31(29-22)18-11-9-17(26)10-12-18/h5-14,21H,2-4H2,1H3,(H,28,32)/t21-/m1/s1. The zero-order valence-corrected chi connectivity index (χ0v) is 18.2. The maximum atomic E-state index is 13.5. The van der Waals surface area contributed by atoms with Crippen LogP contribution in [-0.4, -0.2) is 25.2 Å². The Kier molecular flexibility index (Phi) is 5.27. The molecule has 1 atom stereocenters. The van der Waals surface area contributed by atoms with E-state index in [1.807, 2.05) is 29.9 Å². The van der Waals surface area contributed by atoms with Crippen LogP contribution < -0.4 is 5.32 Å². The van der Waals surface area contributed by atoms with Crippen LogP contribution in [0.2, 0.25) is 5.02 Å². The molecule has 8 heteroatoms. The summed E-state index contributed by atoms with van der Waals surface area (Å²) in [4.78, 5) is 17.9. The lowest BCUT2D eigenvalue weighted by molar-refractivity contribution is 0.0934. The van der Waals surface area contributed by atoms with E-state index in [4.69, 9.17) is 11.6 Å². The molecule has 0 saturated carbocycles. The van der Waals surface area contributed by atoms with Crippen molar-refractivity contribution in [2.75, 3.05) is 0 Å². The van der Waals surface area contributed by atoms with Crippen molar-refractivity contribution in [3.8, 4) is 5.69 Å². The number of aromatic nitrogens is 4. The highest BCUT2D eigenvalue weighted by molar-refractivity contribution is 6.30. The number of fused-ring (bicyclic) bond motifs is 1. The Hall–Kier alpha value is -3.45. The van der Waals surface area contributed by atoms with Crippen molar-refractivity contribution in [1.29, 1.82) is 0 Å². The molecule has 1 aliphatic rings. The lowest BCUT2D eigenvalue weighted by Gasteiger charge is -2.19. The van der Waals surface area contributed by atoms with Gasteiger partial charge in [-0.1, -0.05) is 23.7 Å². The zero-order valence-electron chi connectivity index (χ0n) is 17.4. The Morgan fingerprint density at radius 2 is 1.88 bits per heavy atom. The topological polar surface area (TPSA) is 64.7 Å². The Labute approximate surface area is 189 Å². The number of hydrogen-bond acceptors (Lipinski definition) is 3. The molecule has 0 radical (unpaired) electrons. The van der Waals surface area contributed by atoms with E-state index in [2.05, 4.69) is 15.4 Å². The molecule has 0 unspecified atom stereocenters. The Bertz CT molecular complexity index is 1280. The Balaban J connectivity index is 1.52. The van der Waals surface area contributed by atoms with E-state index in [0.29, 0.717) is 16.5 Å². The zero-order chi connectivity index (χ0) is 22.2. The van der Waals surface area contributed by atoms with Crippen LogP contribution in [0.5, 0.6) is 0 Å². The highest BCUT2D eigenvalue weighted by Gasteiger charge is 2.29. The fourth-order valence-corrected chi connectivity index (χ4v) is 4.35. The molecule has 0 saturated heterocycles. The van der Waals surface area contributed by atoms with Gasteiger partial charge in [-0.3, -0.25) is 4.79 Å². The molecule has 2 aromatic carbocycles. The van der Waals surface area contributed by atoms with Crippen molar-refractivity contribution in [1.82, 2.24) is 24.6 Å². The molecule has 162 valence electrons. The summed E-state index contributed by atoms with van der Waals surface area (Å²) in [5.74, 6) is 0.124. The largest absolute Gasteiger partial charge is 0.337 e. The summed E-state index contributed by atoms with van der Waals surface area (Å²) in [6.45, 7) is 0. The van der Waals surface area contributed by atoms with Crippen LogP contribution in [0, 0.1) is 5.82 Å². The molecule has 32 heavy (non-hydrogen) atoms. The molecule has 1 amide bonds. The normalized spacial score (nSPS) is 13.7. The minimum absolute atomic E-state index is 0.271. The first-order valence-corrected chi connectivity index (χ1v) is 10.8. The summed E-state index contributed by atoms with van der Waals surface area (Å²) in [5.41, 5.74) is 3.95. The van der Waals surface area contributed by atoms with Crippen LogP contribution in [0.4, 0.5) is 4.39 Å². The third-order valence-corrected chi connectivity index (χ3v) is 6.06. The smallest absolute Gasteiger partial charge is 0.272 e. The van der Waals surface area contributed by atoms with Gasteiger partial charge in [-0.25, -0.2) is 14.1 Å². The molecular formula is C24H21ClFN5O. The fourth-order valence-electron chi connectivity index (χ4n) is 4.22. The summed E-state index contributed by atoms with van der Waals surface area (Å²) in [5, 5.41) is 8.36. The lowest BCUT2D eigenvalue weighted by Crippen LogP contribution is -2.32. The van der Waals surface area contributed by atoms with Crippen LogP contribution in [0.3, 0.4) is 0 Å². The molecule has 0 bridgehead atoms. The van der Waals surface area contributed by atoms with Crippen LogP contribution >= 0.6 is 11.6 Å². The number of rotatable bonds is 5. The highest BCUT2D eigenvalue weighted by Crippen LogP contribution is 2.29. The molecule has 6 nitrogen and oxygen atoms in total. The monoisotopic (exact) mass is 449 g/mol. The van der Waals surface area contributed by atoms with E-state index in [1.54, 1.807) is 35.1 Å². The van der Waals surface area contributed by atoms with Crippen molar-refractivity contribution in [2.24, 2.45) is 7.05 Å². The maximum absolute atomic E-state index is 13.5. The van der Waals surface area contributed by atoms with Gasteiger partial charge in [0.1, 0.15) is 17.7 Å². The van der Waals surface area contributed by atoms with Gasteiger partial charge in [0.25, 0.3) is 5.91 Å². The Morgan fingerprint density at radius 3 is 2.56 bits per heavy atom. The first-order valence-electron chi connectivity index (χ1n) is 10.4. The number of amides is 1. The van der Waals surface area contributed by atoms with Crippen LogP contribution in [0.1, 0.15) is 45.6 Å². The highest BCUT2D eigenvalue weighted by atomic mass is 35.5. The molecule has 0 aliphatic heterocycles. The predicted molar refractivity (Wildman–Crippen MR) is 120 cm³/mol. The summed E-state index contributed by atoms with van der Waals surface area (Å²) in [6.07, 6.45) is 6.10. The lowest BCUT2D eigenvalue weighted by atomic mass is 10.1. The van der Waals surface area contributed by atoms with Crippen LogP contribution in [0.25, 0.3) is 5.69 Å². The van der Waals surface area contributed by atoms with Crippen LogP contribution in [-0.2, 0) is 19.9 Å². The van der Waals surface area contributed by atoms with E-state index >= 15 is 0 Å². The number of benzene rings is 2. The molecule has 2 heterocycles. The van der Waals surface area contributed by atoms with Gasteiger partial charge in [0.05, 0.1) is 5.69 Å². The van der Waals surface area contributed by atoms with Crippen LogP contribution in [0.15, 0.2) is 60.9 Å². The van der Waals surface area contributed by atoms with Gasteiger partial charge >= 0.3 is 0 Å². The number of hydrogen-bond donors (Lipinski definition) is 1. The molecule has 1 aliphatic carbocycles. The van der Waals surface area contributed by atoms with E-state index in [1.165, 1.54) is 12.1 Å². The molecule has 4 aromatic rings. The number of halogens is 2. The van der Waals surface area contributed by atoms with Crippen molar-refractivity contribution in [3.63, 3.8) is 0 Å². The number of aryl methyl sites for hydroxylation is 1. The third-order valence-electron chi connectivity index (χ3n) is 5.81. The van der Waals surface area contributed by atoms with Crippen molar-refractivity contribution < 1.29 is 9.18 Å². The van der Waals surface area contributed by atoms with Gasteiger partial charge in [-0.15, -0.1) is 0 Å². The SMILES string of the molecule is Cn1ccnc1[C@H](NC(=O)c1nn(-c2ccc(F)cc2)c2c1CCC2)c1ccc(Cl)cc1. The molecular weight excluding hydrogens is 429 g/mol. The number of carbonyl (C=O) groups is 1. The Morgan fingerprint density at radius 1 is 1.12 bits per heavy atom. The van der Waals surface area contributed by atoms with Gasteiger partial charge in [0.2, 0.25) is 0 Å². The minimum Gasteiger partial charge on any atom is -0.337 e. The number of carbonyl (C=O) groups excluding carboxylic acids is 1. The predicted octanol–water partition coefficient (Wildman–Crippen LogP) is 4.41. The number of imidazole rings is 1. The second-order valence-corrected chi connectivity index (χ2v) is 8.31. The van der Waals surface area contributed by atoms with Crippen molar-refractivity contribution in [2.45, 2.75) is 25.3 Å². The first kappa shape index (κ1) is 20.5. The molecule has 0 fully saturated rings. The van der Waals surface area contributed by atoms with Crippen molar-refractivity contribution >= 4 is 17.5 Å². The molecule has 2 aromatic heterocycles. The maximum Gasteiger partial charge on any atom is 0.272 e. The second kappa shape index (κ2) is 8.24. The molecule has 1 N–H and O–H groups in total. The molecule has 0 spiro atoms. The number of nitrogens with one attached hydrogen (secondary N) is 1. The van der Waals surface area contributed by atoms with E-state index < -0.39 is 6.04 Å².